The zero-order valence-electron chi connectivity index (χ0n) is 13.7. The maximum absolute atomic E-state index is 5.70. The lowest BCUT2D eigenvalue weighted by Crippen LogP contribution is -2.35. The summed E-state index contributed by atoms with van der Waals surface area (Å²) in [4.78, 5) is 8.44. The number of hydrogen-bond acceptors (Lipinski definition) is 4. The summed E-state index contributed by atoms with van der Waals surface area (Å²) in [6.45, 7) is 1.06. The minimum absolute atomic E-state index is 0.488. The van der Waals surface area contributed by atoms with Crippen molar-refractivity contribution in [2.75, 3.05) is 55.6 Å². The van der Waals surface area contributed by atoms with Gasteiger partial charge in [0.2, 0.25) is 0 Å². The molecule has 0 aliphatic heterocycles. The molecule has 0 aliphatic rings. The van der Waals surface area contributed by atoms with E-state index in [0.29, 0.717) is 30.4 Å². The second-order valence-electron chi connectivity index (χ2n) is 4.87. The van der Waals surface area contributed by atoms with Crippen molar-refractivity contribution in [1.29, 1.82) is 0 Å². The summed E-state index contributed by atoms with van der Waals surface area (Å²) in [5.74, 6) is 3.02. The van der Waals surface area contributed by atoms with Gasteiger partial charge in [0, 0.05) is 46.4 Å². The summed E-state index contributed by atoms with van der Waals surface area (Å²) < 4.78 is 16.1. The van der Waals surface area contributed by atoms with Gasteiger partial charge in [0.1, 0.15) is 23.9 Å². The summed E-state index contributed by atoms with van der Waals surface area (Å²) >= 11 is 0. The molecule has 0 amide bonds. The number of rotatable bonds is 6. The average Bonchev–Trinajstić information content (AvgIpc) is 2.45. The van der Waals surface area contributed by atoms with Crippen LogP contribution in [-0.2, 0) is 0 Å². The van der Waals surface area contributed by atoms with Crippen LogP contribution in [0.4, 0.5) is 0 Å². The Morgan fingerprint density at radius 2 is 1.38 bits per heavy atom. The quantitative estimate of drug-likeness (QED) is 0.453. The molecule has 0 bridgehead atoms. The van der Waals surface area contributed by atoms with Crippen molar-refractivity contribution < 1.29 is 14.2 Å². The maximum atomic E-state index is 5.70. The van der Waals surface area contributed by atoms with E-state index in [0.717, 1.165) is 5.96 Å². The van der Waals surface area contributed by atoms with E-state index in [2.05, 4.69) is 4.99 Å². The first-order chi connectivity index (χ1) is 9.97. The van der Waals surface area contributed by atoms with Crippen LogP contribution in [-0.4, -0.2) is 71.3 Å². The second kappa shape index (κ2) is 8.24. The second-order valence-corrected chi connectivity index (χ2v) is 4.87. The van der Waals surface area contributed by atoms with Gasteiger partial charge in [-0.3, -0.25) is 0 Å². The van der Waals surface area contributed by atoms with Gasteiger partial charge in [0.25, 0.3) is 0 Å². The van der Waals surface area contributed by atoms with Crippen molar-refractivity contribution >= 4 is 5.96 Å². The molecule has 6 heteroatoms. The molecule has 0 aromatic heterocycles. The molecule has 118 valence electrons. The number of ether oxygens (including phenoxy) is 3. The average molecular weight is 295 g/mol. The number of nitrogens with zero attached hydrogens (tertiary/aromatic N) is 3. The smallest absolute Gasteiger partial charge is 0.195 e. The first kappa shape index (κ1) is 16.9. The topological polar surface area (TPSA) is 46.5 Å². The summed E-state index contributed by atoms with van der Waals surface area (Å²) in [6, 6.07) is 5.46. The molecule has 1 aromatic rings. The molecule has 0 heterocycles. The third-order valence-electron chi connectivity index (χ3n) is 2.74. The summed E-state index contributed by atoms with van der Waals surface area (Å²) in [6.07, 6.45) is 0. The van der Waals surface area contributed by atoms with Crippen LogP contribution in [0, 0.1) is 0 Å². The van der Waals surface area contributed by atoms with Crippen molar-refractivity contribution in [2.24, 2.45) is 4.99 Å². The Bertz CT molecular complexity index is 441. The molecule has 0 radical (unpaired) electrons. The highest BCUT2D eigenvalue weighted by atomic mass is 16.5. The highest BCUT2D eigenvalue weighted by Crippen LogP contribution is 2.27. The molecule has 0 fully saturated rings. The van der Waals surface area contributed by atoms with Gasteiger partial charge < -0.3 is 24.0 Å². The Morgan fingerprint density at radius 3 is 1.81 bits per heavy atom. The Kier molecular flexibility index (Phi) is 6.65. The fourth-order valence-electron chi connectivity index (χ4n) is 1.86. The predicted octanol–water partition coefficient (Wildman–Crippen LogP) is 1.56. The largest absolute Gasteiger partial charge is 0.496 e. The van der Waals surface area contributed by atoms with Gasteiger partial charge in [-0.25, -0.2) is 4.99 Å². The molecule has 0 aliphatic carbocycles. The van der Waals surface area contributed by atoms with E-state index < -0.39 is 0 Å². The molecular weight excluding hydrogens is 270 g/mol. The van der Waals surface area contributed by atoms with E-state index >= 15 is 0 Å². The Morgan fingerprint density at radius 1 is 0.905 bits per heavy atom. The molecule has 6 nitrogen and oxygen atoms in total. The number of benzene rings is 1. The van der Waals surface area contributed by atoms with Crippen LogP contribution in [0.15, 0.2) is 23.2 Å². The first-order valence-electron chi connectivity index (χ1n) is 6.73. The van der Waals surface area contributed by atoms with Crippen LogP contribution < -0.4 is 14.2 Å². The van der Waals surface area contributed by atoms with Crippen LogP contribution in [0.2, 0.25) is 0 Å². The number of aliphatic imine (C=N–C) groups is 1. The molecule has 0 atom stereocenters. The van der Waals surface area contributed by atoms with Gasteiger partial charge >= 0.3 is 0 Å². The van der Waals surface area contributed by atoms with Crippen LogP contribution in [0.5, 0.6) is 17.2 Å². The van der Waals surface area contributed by atoms with Gasteiger partial charge in [-0.15, -0.1) is 0 Å². The minimum Gasteiger partial charge on any atom is -0.496 e. The van der Waals surface area contributed by atoms with Crippen molar-refractivity contribution in [3.63, 3.8) is 0 Å². The Hall–Kier alpha value is -2.11. The molecule has 0 saturated heterocycles. The molecule has 0 N–H and O–H groups in total. The normalized spacial score (nSPS) is 9.81. The maximum Gasteiger partial charge on any atom is 0.195 e. The first-order valence-corrected chi connectivity index (χ1v) is 6.73. The van der Waals surface area contributed by atoms with E-state index in [1.165, 1.54) is 0 Å². The van der Waals surface area contributed by atoms with Crippen molar-refractivity contribution in [3.8, 4) is 17.2 Å². The minimum atomic E-state index is 0.488. The van der Waals surface area contributed by atoms with Gasteiger partial charge in [-0.1, -0.05) is 0 Å². The predicted molar refractivity (Wildman–Crippen MR) is 84.7 cm³/mol. The third kappa shape index (κ3) is 5.41. The number of guanidine groups is 1. The highest BCUT2D eigenvalue weighted by Gasteiger charge is 2.05. The Labute approximate surface area is 126 Å². The van der Waals surface area contributed by atoms with Gasteiger partial charge in [0.05, 0.1) is 20.8 Å². The third-order valence-corrected chi connectivity index (χ3v) is 2.74. The van der Waals surface area contributed by atoms with Crippen molar-refractivity contribution in [2.45, 2.75) is 0 Å². The zero-order chi connectivity index (χ0) is 15.8. The van der Waals surface area contributed by atoms with Crippen molar-refractivity contribution in [3.05, 3.63) is 18.2 Å². The molecule has 0 spiro atoms. The van der Waals surface area contributed by atoms with E-state index in [-0.39, 0.29) is 0 Å². The molecular formula is C15H25N3O3. The lowest BCUT2D eigenvalue weighted by Gasteiger charge is -2.22. The summed E-state index contributed by atoms with van der Waals surface area (Å²) in [5.41, 5.74) is 0. The van der Waals surface area contributed by atoms with Gasteiger partial charge in [-0.2, -0.15) is 0 Å². The molecule has 0 unspecified atom stereocenters. The van der Waals surface area contributed by atoms with E-state index in [4.69, 9.17) is 14.2 Å². The van der Waals surface area contributed by atoms with E-state index in [1.54, 1.807) is 20.3 Å². The van der Waals surface area contributed by atoms with Gasteiger partial charge in [-0.05, 0) is 0 Å². The number of hydrogen-bond donors (Lipinski definition) is 0. The van der Waals surface area contributed by atoms with Crippen LogP contribution in [0.25, 0.3) is 0 Å². The molecule has 0 saturated carbocycles. The van der Waals surface area contributed by atoms with Gasteiger partial charge in [0.15, 0.2) is 5.96 Å². The van der Waals surface area contributed by atoms with E-state index in [1.807, 2.05) is 50.1 Å². The van der Waals surface area contributed by atoms with Crippen LogP contribution in [0.3, 0.4) is 0 Å². The molecule has 1 rings (SSSR count). The van der Waals surface area contributed by atoms with Crippen LogP contribution >= 0.6 is 0 Å². The van der Waals surface area contributed by atoms with Crippen molar-refractivity contribution in [1.82, 2.24) is 9.80 Å². The number of methoxy groups -OCH3 is 2. The SMILES string of the molecule is COc1cc(OC)cc(OCCN=C(N(C)C)N(C)C)c1. The summed E-state index contributed by atoms with van der Waals surface area (Å²) in [5, 5.41) is 0. The fraction of sp³-hybridized carbons (Fsp3) is 0.533. The summed E-state index contributed by atoms with van der Waals surface area (Å²) in [7, 11) is 11.1. The highest BCUT2D eigenvalue weighted by molar-refractivity contribution is 5.79. The molecule has 1 aromatic carbocycles. The van der Waals surface area contributed by atoms with Crippen LogP contribution in [0.1, 0.15) is 0 Å². The monoisotopic (exact) mass is 295 g/mol. The Balaban J connectivity index is 2.61. The van der Waals surface area contributed by atoms with E-state index in [9.17, 15) is 0 Å². The lowest BCUT2D eigenvalue weighted by atomic mass is 10.3. The fourth-order valence-corrected chi connectivity index (χ4v) is 1.86. The zero-order valence-corrected chi connectivity index (χ0v) is 13.7. The standard InChI is InChI=1S/C15H25N3O3/c1-17(2)15(18(3)4)16-7-8-21-14-10-12(19-5)9-13(11-14)20-6/h9-11H,7-8H2,1-6H3. The molecule has 21 heavy (non-hydrogen) atoms. The lowest BCUT2D eigenvalue weighted by molar-refractivity contribution is 0.319.